The normalized spacial score (nSPS) is 25.8. The SMILES string of the molecule is CC(O)CC(N)C(O)C1OCCO1. The van der Waals surface area contributed by atoms with Crippen molar-refractivity contribution in [3.63, 3.8) is 0 Å². The zero-order chi connectivity index (χ0) is 9.84. The highest BCUT2D eigenvalue weighted by atomic mass is 16.7. The number of hydrogen-bond acceptors (Lipinski definition) is 5. The van der Waals surface area contributed by atoms with E-state index < -0.39 is 24.5 Å². The van der Waals surface area contributed by atoms with Crippen molar-refractivity contribution in [3.05, 3.63) is 0 Å². The Bertz CT molecular complexity index is 147. The maximum absolute atomic E-state index is 9.58. The second-order valence-corrected chi connectivity index (χ2v) is 3.35. The molecule has 13 heavy (non-hydrogen) atoms. The summed E-state index contributed by atoms with van der Waals surface area (Å²) in [6.07, 6.45) is -1.68. The van der Waals surface area contributed by atoms with Crippen LogP contribution in [0.5, 0.6) is 0 Å². The molecule has 3 atom stereocenters. The average Bonchev–Trinajstić information content (AvgIpc) is 2.53. The molecule has 0 saturated carbocycles. The summed E-state index contributed by atoms with van der Waals surface area (Å²) in [5.74, 6) is 0. The molecule has 0 aromatic carbocycles. The predicted octanol–water partition coefficient (Wildman–Crippen LogP) is -1.18. The van der Waals surface area contributed by atoms with E-state index in [-0.39, 0.29) is 0 Å². The molecule has 1 rings (SSSR count). The van der Waals surface area contributed by atoms with E-state index >= 15 is 0 Å². The molecular weight excluding hydrogens is 174 g/mol. The summed E-state index contributed by atoms with van der Waals surface area (Å²) in [5.41, 5.74) is 5.63. The smallest absolute Gasteiger partial charge is 0.185 e. The summed E-state index contributed by atoms with van der Waals surface area (Å²) in [6, 6.07) is -0.511. The molecule has 0 amide bonds. The highest BCUT2D eigenvalue weighted by Gasteiger charge is 2.30. The van der Waals surface area contributed by atoms with Crippen molar-refractivity contribution in [2.45, 2.75) is 37.9 Å². The van der Waals surface area contributed by atoms with Gasteiger partial charge >= 0.3 is 0 Å². The Hall–Kier alpha value is -0.200. The van der Waals surface area contributed by atoms with Crippen molar-refractivity contribution in [2.24, 2.45) is 5.73 Å². The van der Waals surface area contributed by atoms with Crippen LogP contribution in [0.25, 0.3) is 0 Å². The number of hydrogen-bond donors (Lipinski definition) is 3. The van der Waals surface area contributed by atoms with E-state index in [9.17, 15) is 5.11 Å². The second kappa shape index (κ2) is 4.88. The molecule has 5 nitrogen and oxygen atoms in total. The van der Waals surface area contributed by atoms with Crippen LogP contribution in [0.3, 0.4) is 0 Å². The lowest BCUT2D eigenvalue weighted by Gasteiger charge is -2.23. The Morgan fingerprint density at radius 2 is 1.92 bits per heavy atom. The molecule has 4 N–H and O–H groups in total. The van der Waals surface area contributed by atoms with Crippen LogP contribution >= 0.6 is 0 Å². The molecule has 3 unspecified atom stereocenters. The van der Waals surface area contributed by atoms with Crippen LogP contribution in [-0.2, 0) is 9.47 Å². The molecule has 0 bridgehead atoms. The van der Waals surface area contributed by atoms with E-state index in [0.717, 1.165) is 0 Å². The van der Waals surface area contributed by atoms with Gasteiger partial charge in [-0.3, -0.25) is 0 Å². The Morgan fingerprint density at radius 3 is 2.38 bits per heavy atom. The standard InChI is InChI=1S/C8H17NO4/c1-5(10)4-6(9)7(11)8-12-2-3-13-8/h5-8,10-11H,2-4,9H2,1H3. The minimum Gasteiger partial charge on any atom is -0.393 e. The first-order valence-electron chi connectivity index (χ1n) is 4.46. The van der Waals surface area contributed by atoms with Crippen molar-refractivity contribution in [1.82, 2.24) is 0 Å². The van der Waals surface area contributed by atoms with Gasteiger partial charge in [-0.15, -0.1) is 0 Å². The summed E-state index contributed by atoms with van der Waals surface area (Å²) in [4.78, 5) is 0. The number of ether oxygens (including phenoxy) is 2. The van der Waals surface area contributed by atoms with Crippen molar-refractivity contribution in [3.8, 4) is 0 Å². The average molecular weight is 191 g/mol. The van der Waals surface area contributed by atoms with Gasteiger partial charge in [0.2, 0.25) is 0 Å². The fourth-order valence-corrected chi connectivity index (χ4v) is 1.31. The summed E-state index contributed by atoms with van der Waals surface area (Å²) >= 11 is 0. The zero-order valence-electron chi connectivity index (χ0n) is 7.72. The third kappa shape index (κ3) is 3.21. The molecule has 1 aliphatic rings. The van der Waals surface area contributed by atoms with Crippen LogP contribution in [0, 0.1) is 0 Å². The molecule has 0 radical (unpaired) electrons. The fraction of sp³-hybridized carbons (Fsp3) is 1.00. The van der Waals surface area contributed by atoms with Crippen molar-refractivity contribution in [2.75, 3.05) is 13.2 Å². The Morgan fingerprint density at radius 1 is 1.38 bits per heavy atom. The van der Waals surface area contributed by atoms with E-state index in [2.05, 4.69) is 0 Å². The van der Waals surface area contributed by atoms with E-state index in [1.807, 2.05) is 0 Å². The lowest BCUT2D eigenvalue weighted by molar-refractivity contribution is -0.129. The second-order valence-electron chi connectivity index (χ2n) is 3.35. The number of aliphatic hydroxyl groups excluding tert-OH is 2. The highest BCUT2D eigenvalue weighted by molar-refractivity contribution is 4.78. The van der Waals surface area contributed by atoms with Gasteiger partial charge in [-0.25, -0.2) is 0 Å². The van der Waals surface area contributed by atoms with Crippen LogP contribution in [0.15, 0.2) is 0 Å². The molecule has 1 fully saturated rings. The third-order valence-corrected chi connectivity index (χ3v) is 1.98. The van der Waals surface area contributed by atoms with E-state index in [1.54, 1.807) is 6.92 Å². The first-order chi connectivity index (χ1) is 6.11. The topological polar surface area (TPSA) is 84.9 Å². The molecule has 5 heteroatoms. The number of aliphatic hydroxyl groups is 2. The predicted molar refractivity (Wildman–Crippen MR) is 46.0 cm³/mol. The Balaban J connectivity index is 2.31. The minimum absolute atomic E-state index is 0.338. The summed E-state index contributed by atoms with van der Waals surface area (Å²) in [6.45, 7) is 2.61. The maximum atomic E-state index is 9.58. The minimum atomic E-state index is -0.864. The Labute approximate surface area is 77.4 Å². The molecule has 1 heterocycles. The molecule has 0 aliphatic carbocycles. The highest BCUT2D eigenvalue weighted by Crippen LogP contribution is 2.13. The van der Waals surface area contributed by atoms with E-state index in [4.69, 9.17) is 20.3 Å². The maximum Gasteiger partial charge on any atom is 0.185 e. The number of nitrogens with two attached hydrogens (primary N) is 1. The van der Waals surface area contributed by atoms with Gasteiger partial charge in [-0.05, 0) is 13.3 Å². The quantitative estimate of drug-likeness (QED) is 0.521. The van der Waals surface area contributed by atoms with Gasteiger partial charge in [0.25, 0.3) is 0 Å². The van der Waals surface area contributed by atoms with Crippen molar-refractivity contribution >= 4 is 0 Å². The van der Waals surface area contributed by atoms with E-state index in [1.165, 1.54) is 0 Å². The molecular formula is C8H17NO4. The molecule has 1 aliphatic heterocycles. The van der Waals surface area contributed by atoms with Crippen molar-refractivity contribution < 1.29 is 19.7 Å². The third-order valence-electron chi connectivity index (χ3n) is 1.98. The molecule has 78 valence electrons. The monoisotopic (exact) mass is 191 g/mol. The van der Waals surface area contributed by atoms with Crippen LogP contribution in [0.2, 0.25) is 0 Å². The summed E-state index contributed by atoms with van der Waals surface area (Å²) < 4.78 is 10.2. The van der Waals surface area contributed by atoms with Crippen molar-refractivity contribution in [1.29, 1.82) is 0 Å². The van der Waals surface area contributed by atoms with Gasteiger partial charge in [0.05, 0.1) is 19.3 Å². The molecule has 0 aromatic rings. The molecule has 0 aromatic heterocycles. The van der Waals surface area contributed by atoms with Crippen LogP contribution in [-0.4, -0.2) is 48.0 Å². The van der Waals surface area contributed by atoms with Gasteiger partial charge in [0, 0.05) is 6.04 Å². The Kier molecular flexibility index (Phi) is 4.08. The lowest BCUT2D eigenvalue weighted by atomic mass is 10.1. The van der Waals surface area contributed by atoms with Crippen LogP contribution < -0.4 is 5.73 Å². The lowest BCUT2D eigenvalue weighted by Crippen LogP contribution is -2.45. The molecule has 1 saturated heterocycles. The summed E-state index contributed by atoms with van der Waals surface area (Å²) in [7, 11) is 0. The number of rotatable bonds is 4. The largest absolute Gasteiger partial charge is 0.393 e. The van der Waals surface area contributed by atoms with E-state index in [0.29, 0.717) is 19.6 Å². The summed E-state index contributed by atoms with van der Waals surface area (Å²) in [5, 5.41) is 18.6. The van der Waals surface area contributed by atoms with Crippen LogP contribution in [0.4, 0.5) is 0 Å². The fourth-order valence-electron chi connectivity index (χ4n) is 1.31. The van der Waals surface area contributed by atoms with Crippen LogP contribution in [0.1, 0.15) is 13.3 Å². The van der Waals surface area contributed by atoms with Gasteiger partial charge in [-0.1, -0.05) is 0 Å². The molecule has 0 spiro atoms. The first-order valence-corrected chi connectivity index (χ1v) is 4.46. The zero-order valence-corrected chi connectivity index (χ0v) is 7.72. The van der Waals surface area contributed by atoms with Gasteiger partial charge < -0.3 is 25.4 Å². The van der Waals surface area contributed by atoms with Gasteiger partial charge in [0.15, 0.2) is 6.29 Å². The van der Waals surface area contributed by atoms with Gasteiger partial charge in [-0.2, -0.15) is 0 Å². The first kappa shape index (κ1) is 10.9. The van der Waals surface area contributed by atoms with Gasteiger partial charge in [0.1, 0.15) is 6.10 Å².